The van der Waals surface area contributed by atoms with Crippen LogP contribution in [0.4, 0.5) is 0 Å². The van der Waals surface area contributed by atoms with Gasteiger partial charge in [0.05, 0.1) is 19.5 Å². The van der Waals surface area contributed by atoms with E-state index in [4.69, 9.17) is 33.2 Å². The third-order valence-electron chi connectivity index (χ3n) is 6.17. The minimum Gasteiger partial charge on any atom is -0.493 e. The largest absolute Gasteiger partial charge is 0.493 e. The molecule has 4 aliphatic heterocycles. The van der Waals surface area contributed by atoms with Crippen LogP contribution >= 0.6 is 0 Å². The Morgan fingerprint density at radius 2 is 1.33 bits per heavy atom. The average Bonchev–Trinajstić information content (AvgIpc) is 2.89. The molecule has 2 unspecified atom stereocenters. The Labute approximate surface area is 192 Å². The van der Waals surface area contributed by atoms with E-state index in [1.807, 2.05) is 78.9 Å². The van der Waals surface area contributed by atoms with Crippen molar-refractivity contribution in [1.29, 1.82) is 0 Å². The highest BCUT2D eigenvalue weighted by Crippen LogP contribution is 2.35. The fraction of sp³-hybridized carbons (Fsp3) is 0.385. The molecular formula is C26H26O7. The van der Waals surface area contributed by atoms with Crippen LogP contribution in [-0.4, -0.2) is 50.0 Å². The molecule has 0 N–H and O–H groups in total. The SMILES string of the molecule is C1=C[C@@H](O[C@@H]2C=C[C@@H]3OC(c4ccccc4)OC[C@H]3O2)[C@@H]2OC(c3ccccc3)OC[C@H]2O1. The number of fused-ring (bicyclic) bond motifs is 2. The summed E-state index contributed by atoms with van der Waals surface area (Å²) in [5.41, 5.74) is 1.95. The van der Waals surface area contributed by atoms with E-state index >= 15 is 0 Å². The minimum absolute atomic E-state index is 0.191. The third kappa shape index (κ3) is 4.48. The van der Waals surface area contributed by atoms with Crippen molar-refractivity contribution in [2.75, 3.05) is 13.2 Å². The maximum Gasteiger partial charge on any atom is 0.184 e. The predicted octanol–water partition coefficient (Wildman–Crippen LogP) is 3.79. The van der Waals surface area contributed by atoms with Crippen LogP contribution in [-0.2, 0) is 33.2 Å². The zero-order chi connectivity index (χ0) is 22.0. The molecule has 172 valence electrons. The van der Waals surface area contributed by atoms with E-state index in [0.717, 1.165) is 11.1 Å². The second-order valence-electron chi connectivity index (χ2n) is 8.38. The molecule has 0 amide bonds. The van der Waals surface area contributed by atoms with Crippen molar-refractivity contribution in [3.63, 3.8) is 0 Å². The van der Waals surface area contributed by atoms with Crippen LogP contribution in [0.25, 0.3) is 0 Å². The second kappa shape index (κ2) is 9.38. The number of rotatable bonds is 4. The van der Waals surface area contributed by atoms with Gasteiger partial charge in [-0.25, -0.2) is 0 Å². The smallest absolute Gasteiger partial charge is 0.184 e. The van der Waals surface area contributed by atoms with Gasteiger partial charge in [-0.15, -0.1) is 0 Å². The van der Waals surface area contributed by atoms with Gasteiger partial charge in [-0.2, -0.15) is 0 Å². The van der Waals surface area contributed by atoms with E-state index in [1.165, 1.54) is 0 Å². The Bertz CT molecular complexity index is 979. The molecule has 2 aromatic rings. The third-order valence-corrected chi connectivity index (χ3v) is 6.17. The van der Waals surface area contributed by atoms with Gasteiger partial charge >= 0.3 is 0 Å². The first-order chi connectivity index (χ1) is 16.3. The molecule has 2 saturated heterocycles. The van der Waals surface area contributed by atoms with Crippen LogP contribution < -0.4 is 0 Å². The molecule has 0 aromatic heterocycles. The summed E-state index contributed by atoms with van der Waals surface area (Å²) in [4.78, 5) is 0. The molecule has 0 bridgehead atoms. The van der Waals surface area contributed by atoms with Gasteiger partial charge in [0.15, 0.2) is 25.0 Å². The standard InChI is InChI=1S/C26H26O7/c1-3-7-17(8-4-1)25-28-15-21-19(32-25)11-12-23(31-21)30-20-13-14-27-22-16-29-26(33-24(20)22)18-9-5-2-6-10-18/h1-14,19-26H,15-16H2/t19-,20+,21+,22+,23-,24-,25?,26?/m0/s1. The van der Waals surface area contributed by atoms with Crippen LogP contribution in [0.5, 0.6) is 0 Å². The Kier molecular flexibility index (Phi) is 5.98. The van der Waals surface area contributed by atoms with Crippen molar-refractivity contribution in [3.05, 3.63) is 96.3 Å². The van der Waals surface area contributed by atoms with Crippen LogP contribution in [0.3, 0.4) is 0 Å². The number of hydrogen-bond donors (Lipinski definition) is 0. The molecular weight excluding hydrogens is 424 g/mol. The summed E-state index contributed by atoms with van der Waals surface area (Å²) in [6.07, 6.45) is 4.66. The lowest BCUT2D eigenvalue weighted by Gasteiger charge is -2.43. The van der Waals surface area contributed by atoms with Crippen molar-refractivity contribution < 1.29 is 33.2 Å². The van der Waals surface area contributed by atoms with Crippen molar-refractivity contribution in [2.45, 2.75) is 49.4 Å². The second-order valence-corrected chi connectivity index (χ2v) is 8.38. The van der Waals surface area contributed by atoms with E-state index in [0.29, 0.717) is 13.2 Å². The zero-order valence-corrected chi connectivity index (χ0v) is 18.0. The fourth-order valence-electron chi connectivity index (χ4n) is 4.46. The van der Waals surface area contributed by atoms with Gasteiger partial charge < -0.3 is 33.2 Å². The molecule has 2 fully saturated rings. The number of ether oxygens (including phenoxy) is 7. The maximum atomic E-state index is 6.28. The van der Waals surface area contributed by atoms with Crippen LogP contribution in [0, 0.1) is 0 Å². The lowest BCUT2D eigenvalue weighted by molar-refractivity contribution is -0.311. The Morgan fingerprint density at radius 1 is 0.667 bits per heavy atom. The fourth-order valence-corrected chi connectivity index (χ4v) is 4.46. The Morgan fingerprint density at radius 3 is 2.06 bits per heavy atom. The zero-order valence-electron chi connectivity index (χ0n) is 18.0. The van der Waals surface area contributed by atoms with Gasteiger partial charge in [-0.1, -0.05) is 66.7 Å². The van der Waals surface area contributed by atoms with Gasteiger partial charge in [0, 0.05) is 11.1 Å². The van der Waals surface area contributed by atoms with Crippen molar-refractivity contribution >= 4 is 0 Å². The molecule has 4 aliphatic rings. The topological polar surface area (TPSA) is 64.6 Å². The molecule has 4 heterocycles. The molecule has 2 aromatic carbocycles. The lowest BCUT2D eigenvalue weighted by Crippen LogP contribution is -2.52. The maximum absolute atomic E-state index is 6.28. The summed E-state index contributed by atoms with van der Waals surface area (Å²) >= 11 is 0. The number of hydrogen-bond acceptors (Lipinski definition) is 7. The minimum atomic E-state index is -0.540. The molecule has 0 spiro atoms. The van der Waals surface area contributed by atoms with Crippen molar-refractivity contribution in [1.82, 2.24) is 0 Å². The summed E-state index contributed by atoms with van der Waals surface area (Å²) in [6, 6.07) is 19.8. The summed E-state index contributed by atoms with van der Waals surface area (Å²) in [7, 11) is 0. The van der Waals surface area contributed by atoms with Crippen LogP contribution in [0.2, 0.25) is 0 Å². The molecule has 6 rings (SSSR count). The number of benzene rings is 2. The monoisotopic (exact) mass is 450 g/mol. The van der Waals surface area contributed by atoms with E-state index < -0.39 is 18.9 Å². The van der Waals surface area contributed by atoms with Crippen molar-refractivity contribution in [2.24, 2.45) is 0 Å². The Balaban J connectivity index is 1.11. The van der Waals surface area contributed by atoms with Crippen molar-refractivity contribution in [3.8, 4) is 0 Å². The van der Waals surface area contributed by atoms with Gasteiger partial charge in [0.1, 0.15) is 24.4 Å². The highest BCUT2D eigenvalue weighted by atomic mass is 16.8. The first-order valence-corrected chi connectivity index (χ1v) is 11.3. The lowest BCUT2D eigenvalue weighted by atomic mass is 10.0. The highest BCUT2D eigenvalue weighted by Gasteiger charge is 2.43. The normalized spacial score (nSPS) is 37.6. The van der Waals surface area contributed by atoms with E-state index in [-0.39, 0.29) is 30.5 Å². The van der Waals surface area contributed by atoms with Crippen LogP contribution in [0.15, 0.2) is 85.2 Å². The molecule has 7 heteroatoms. The summed E-state index contributed by atoms with van der Waals surface area (Å²) in [6.45, 7) is 0.841. The molecule has 0 radical (unpaired) electrons. The van der Waals surface area contributed by atoms with E-state index in [2.05, 4.69) is 0 Å². The summed E-state index contributed by atoms with van der Waals surface area (Å²) < 4.78 is 42.3. The summed E-state index contributed by atoms with van der Waals surface area (Å²) in [5, 5.41) is 0. The quantitative estimate of drug-likeness (QED) is 0.657. The van der Waals surface area contributed by atoms with Gasteiger partial charge in [0.25, 0.3) is 0 Å². The molecule has 33 heavy (non-hydrogen) atoms. The molecule has 0 saturated carbocycles. The van der Waals surface area contributed by atoms with E-state index in [1.54, 1.807) is 6.26 Å². The van der Waals surface area contributed by atoms with E-state index in [9.17, 15) is 0 Å². The molecule has 7 nitrogen and oxygen atoms in total. The summed E-state index contributed by atoms with van der Waals surface area (Å²) in [5.74, 6) is 0. The Hall–Kier alpha value is -2.52. The van der Waals surface area contributed by atoms with Gasteiger partial charge in [0.2, 0.25) is 0 Å². The highest BCUT2D eigenvalue weighted by molar-refractivity contribution is 5.18. The first-order valence-electron chi connectivity index (χ1n) is 11.3. The molecule has 0 aliphatic carbocycles. The molecule has 8 atom stereocenters. The first kappa shape index (κ1) is 21.0. The van der Waals surface area contributed by atoms with Gasteiger partial charge in [-0.05, 0) is 12.2 Å². The predicted molar refractivity (Wildman–Crippen MR) is 117 cm³/mol. The average molecular weight is 450 g/mol. The van der Waals surface area contributed by atoms with Crippen LogP contribution in [0.1, 0.15) is 23.7 Å². The van der Waals surface area contributed by atoms with Gasteiger partial charge in [-0.3, -0.25) is 0 Å².